The number of carbonyl (C=O) groups excluding carboxylic acids is 1. The predicted octanol–water partition coefficient (Wildman–Crippen LogP) is 5.25. The molecule has 0 saturated carbocycles. The molecule has 250 valence electrons. The average Bonchev–Trinajstić information content (AvgIpc) is 3.03. The van der Waals surface area contributed by atoms with E-state index in [-0.39, 0.29) is 11.7 Å². The van der Waals surface area contributed by atoms with Gasteiger partial charge in [0.1, 0.15) is 5.60 Å². The van der Waals surface area contributed by atoms with Crippen molar-refractivity contribution in [1.82, 2.24) is 14.4 Å². The van der Waals surface area contributed by atoms with Crippen LogP contribution in [-0.4, -0.2) is 89.6 Å². The lowest BCUT2D eigenvalue weighted by atomic mass is 9.86. The van der Waals surface area contributed by atoms with E-state index in [1.807, 2.05) is 59.0 Å². The van der Waals surface area contributed by atoms with Gasteiger partial charge in [-0.2, -0.15) is 5.26 Å². The van der Waals surface area contributed by atoms with Crippen LogP contribution in [0.25, 0.3) is 10.9 Å². The number of piperidine rings is 2. The molecular weight excluding hydrogens is 592 g/mol. The van der Waals surface area contributed by atoms with Gasteiger partial charge in [-0.25, -0.2) is 4.79 Å². The predicted molar refractivity (Wildman–Crippen MR) is 186 cm³/mol. The number of aliphatic hydroxyl groups is 1. The van der Waals surface area contributed by atoms with Gasteiger partial charge in [0.25, 0.3) is 5.56 Å². The van der Waals surface area contributed by atoms with Gasteiger partial charge in [0.15, 0.2) is 0 Å². The molecule has 2 fully saturated rings. The molecule has 1 aromatic heterocycles. The molecule has 0 atom stereocenters. The number of benzene rings is 2. The first-order valence-corrected chi connectivity index (χ1v) is 16.8. The van der Waals surface area contributed by atoms with Crippen molar-refractivity contribution < 1.29 is 14.6 Å². The number of anilines is 3. The van der Waals surface area contributed by atoms with Crippen LogP contribution in [0.1, 0.15) is 69.1 Å². The number of aryl methyl sites for hydroxylation is 2. The first-order chi connectivity index (χ1) is 22.2. The fourth-order valence-electron chi connectivity index (χ4n) is 7.48. The monoisotopic (exact) mass is 640 g/mol. The molecule has 0 bridgehead atoms. The third kappa shape index (κ3) is 6.69. The molecule has 0 unspecified atom stereocenters. The highest BCUT2D eigenvalue weighted by molar-refractivity contribution is 5.97. The van der Waals surface area contributed by atoms with Crippen LogP contribution in [-0.2, 0) is 11.8 Å². The van der Waals surface area contributed by atoms with Crippen molar-refractivity contribution in [3.63, 3.8) is 0 Å². The van der Waals surface area contributed by atoms with Gasteiger partial charge < -0.3 is 34.0 Å². The van der Waals surface area contributed by atoms with Gasteiger partial charge in [-0.05, 0) is 114 Å². The van der Waals surface area contributed by atoms with Crippen molar-refractivity contribution in [1.29, 1.82) is 5.26 Å². The van der Waals surface area contributed by atoms with Gasteiger partial charge in [-0.1, -0.05) is 0 Å². The van der Waals surface area contributed by atoms with Crippen LogP contribution >= 0.6 is 0 Å². The van der Waals surface area contributed by atoms with E-state index in [0.717, 1.165) is 67.0 Å². The Morgan fingerprint density at radius 1 is 0.979 bits per heavy atom. The van der Waals surface area contributed by atoms with Gasteiger partial charge in [-0.3, -0.25) is 4.79 Å². The van der Waals surface area contributed by atoms with E-state index >= 15 is 0 Å². The molecule has 4 heterocycles. The van der Waals surface area contributed by atoms with Gasteiger partial charge in [0.05, 0.1) is 39.8 Å². The van der Waals surface area contributed by atoms with E-state index in [2.05, 4.69) is 39.9 Å². The van der Waals surface area contributed by atoms with Crippen molar-refractivity contribution >= 4 is 34.1 Å². The largest absolute Gasteiger partial charge is 0.444 e. The summed E-state index contributed by atoms with van der Waals surface area (Å²) in [6.45, 7) is 12.4. The maximum absolute atomic E-state index is 13.1. The fourth-order valence-corrected chi connectivity index (χ4v) is 7.48. The van der Waals surface area contributed by atoms with Crippen LogP contribution in [0.2, 0.25) is 0 Å². The second-order valence-electron chi connectivity index (χ2n) is 14.8. The lowest BCUT2D eigenvalue weighted by molar-refractivity contribution is -0.0530. The smallest absolute Gasteiger partial charge is 0.410 e. The fraction of sp³-hybridized carbons (Fsp3) is 0.541. The van der Waals surface area contributed by atoms with Gasteiger partial charge in [-0.15, -0.1) is 0 Å². The first-order valence-electron chi connectivity index (χ1n) is 16.8. The van der Waals surface area contributed by atoms with E-state index in [4.69, 9.17) is 4.74 Å². The summed E-state index contributed by atoms with van der Waals surface area (Å²) >= 11 is 0. The number of pyridine rings is 1. The minimum absolute atomic E-state index is 0.00641. The van der Waals surface area contributed by atoms with Crippen LogP contribution in [0.5, 0.6) is 0 Å². The Hall–Kier alpha value is -4.07. The Kier molecular flexibility index (Phi) is 8.75. The molecule has 6 rings (SSSR count). The minimum atomic E-state index is -0.825. The zero-order valence-electron chi connectivity index (χ0n) is 28.7. The number of nitrogens with zero attached hydrogens (tertiary/aromatic N) is 6. The number of likely N-dealkylation sites (N-methyl/N-ethyl adjacent to an activating group) is 1. The molecule has 10 heteroatoms. The maximum Gasteiger partial charge on any atom is 0.410 e. The number of amides is 1. The van der Waals surface area contributed by atoms with Crippen molar-refractivity contribution in [2.24, 2.45) is 7.05 Å². The molecule has 0 spiro atoms. The number of aromatic nitrogens is 1. The quantitative estimate of drug-likeness (QED) is 0.413. The number of rotatable bonds is 4. The van der Waals surface area contributed by atoms with E-state index in [9.17, 15) is 20.0 Å². The van der Waals surface area contributed by atoms with Crippen LogP contribution in [0.4, 0.5) is 21.9 Å². The van der Waals surface area contributed by atoms with Crippen LogP contribution in [0.15, 0.2) is 41.2 Å². The van der Waals surface area contributed by atoms with E-state index in [0.29, 0.717) is 49.5 Å². The van der Waals surface area contributed by atoms with Crippen LogP contribution in [0, 0.1) is 18.3 Å². The molecule has 0 radical (unpaired) electrons. The Morgan fingerprint density at radius 2 is 1.68 bits per heavy atom. The van der Waals surface area contributed by atoms with E-state index in [1.54, 1.807) is 9.47 Å². The molecule has 10 nitrogen and oxygen atoms in total. The summed E-state index contributed by atoms with van der Waals surface area (Å²) in [6.07, 6.45) is 2.65. The van der Waals surface area contributed by atoms with E-state index in [1.165, 1.54) is 5.56 Å². The Labute approximate surface area is 277 Å². The zero-order chi connectivity index (χ0) is 33.7. The standard InChI is InChI=1S/C37H48N6O4/c1-25-19-29-31(40(6)34(25)44)21-28(22-32(29)43-18-17-39(5)30-8-7-26(23-38)20-33(30)43)27-9-13-41(14-10-27)24-37(46)11-15-42(16-12-37)35(45)47-36(2,3)4/h7-8,19-22,27,46H,9-18,24H2,1-6H3. The number of likely N-dealkylation sites (tertiary alicyclic amines) is 2. The Bertz CT molecular complexity index is 1770. The Balaban J connectivity index is 1.23. The number of carbonyl (C=O) groups is 1. The van der Waals surface area contributed by atoms with E-state index < -0.39 is 11.2 Å². The lowest BCUT2D eigenvalue weighted by Gasteiger charge is -2.43. The SMILES string of the molecule is Cc1cc2c(N3CCN(C)c4ccc(C#N)cc43)cc(C3CCN(CC4(O)CCN(C(=O)OC(C)(C)C)CC4)CC3)cc2n(C)c1=O. The molecule has 2 aromatic carbocycles. The second kappa shape index (κ2) is 12.5. The molecule has 1 N–H and O–H groups in total. The zero-order valence-corrected chi connectivity index (χ0v) is 28.7. The third-order valence-electron chi connectivity index (χ3n) is 10.2. The second-order valence-corrected chi connectivity index (χ2v) is 14.8. The Morgan fingerprint density at radius 3 is 2.34 bits per heavy atom. The summed E-state index contributed by atoms with van der Waals surface area (Å²) in [5, 5.41) is 22.2. The van der Waals surface area contributed by atoms with Gasteiger partial charge in [0, 0.05) is 57.8 Å². The normalized spacial score (nSPS) is 19.1. The van der Waals surface area contributed by atoms with Crippen molar-refractivity contribution in [2.45, 2.75) is 70.5 Å². The molecule has 3 aromatic rings. The summed E-state index contributed by atoms with van der Waals surface area (Å²) in [7, 11) is 3.94. The summed E-state index contributed by atoms with van der Waals surface area (Å²) < 4.78 is 7.31. The number of hydrogen-bond acceptors (Lipinski definition) is 8. The van der Waals surface area contributed by atoms with Gasteiger partial charge >= 0.3 is 6.09 Å². The number of ether oxygens (including phenoxy) is 1. The van der Waals surface area contributed by atoms with Crippen LogP contribution < -0.4 is 15.4 Å². The molecule has 1 amide bonds. The lowest BCUT2D eigenvalue weighted by Crippen LogP contribution is -2.53. The molecule has 0 aliphatic carbocycles. The number of nitriles is 1. The van der Waals surface area contributed by atoms with Crippen molar-refractivity contribution in [2.75, 3.05) is 62.7 Å². The highest BCUT2D eigenvalue weighted by Gasteiger charge is 2.38. The van der Waals surface area contributed by atoms with Gasteiger partial charge in [0.2, 0.25) is 0 Å². The summed E-state index contributed by atoms with van der Waals surface area (Å²) in [6, 6.07) is 14.7. The molecule has 47 heavy (non-hydrogen) atoms. The average molecular weight is 641 g/mol. The summed E-state index contributed by atoms with van der Waals surface area (Å²) in [5.74, 6) is 0.312. The first kappa shape index (κ1) is 32.9. The number of hydrogen-bond donors (Lipinski definition) is 1. The molecule has 3 aliphatic rings. The third-order valence-corrected chi connectivity index (χ3v) is 10.2. The maximum atomic E-state index is 13.1. The highest BCUT2D eigenvalue weighted by Crippen LogP contribution is 2.43. The van der Waals surface area contributed by atoms with Crippen LogP contribution in [0.3, 0.4) is 0 Å². The van der Waals surface area contributed by atoms with Crippen molar-refractivity contribution in [3.8, 4) is 6.07 Å². The van der Waals surface area contributed by atoms with Crippen molar-refractivity contribution in [3.05, 3.63) is 63.4 Å². The molecular formula is C37H48N6O4. The topological polar surface area (TPSA) is 105 Å². The minimum Gasteiger partial charge on any atom is -0.444 e. The highest BCUT2D eigenvalue weighted by atomic mass is 16.6. The summed E-state index contributed by atoms with van der Waals surface area (Å²) in [5.41, 5.74) is 5.25. The number of fused-ring (bicyclic) bond motifs is 2. The molecule has 2 saturated heterocycles. The summed E-state index contributed by atoms with van der Waals surface area (Å²) in [4.78, 5) is 34.3. The number of β-amino-alcohol motifs (C(OH)–C–C–N with tert-alkyl or cyclic N) is 1. The molecule has 3 aliphatic heterocycles.